The highest BCUT2D eigenvalue weighted by atomic mass is 16.5. The Balaban J connectivity index is 1.79. The maximum atomic E-state index is 5.80. The number of nitrogen functional groups attached to an aromatic ring is 1. The van der Waals surface area contributed by atoms with Crippen molar-refractivity contribution in [1.29, 1.82) is 0 Å². The highest BCUT2D eigenvalue weighted by molar-refractivity contribution is 5.87. The van der Waals surface area contributed by atoms with E-state index in [4.69, 9.17) is 10.5 Å². The minimum absolute atomic E-state index is 0.230. The van der Waals surface area contributed by atoms with Crippen LogP contribution in [0.2, 0.25) is 0 Å². The molecule has 0 bridgehead atoms. The first-order valence-corrected chi connectivity index (χ1v) is 8.00. The molecule has 2 aromatic heterocycles. The number of nitrogens with two attached hydrogens (primary N) is 1. The van der Waals surface area contributed by atoms with E-state index in [9.17, 15) is 0 Å². The molecule has 0 fully saturated rings. The average Bonchev–Trinajstić information content (AvgIpc) is 2.93. The van der Waals surface area contributed by atoms with Crippen LogP contribution < -0.4 is 15.8 Å². The van der Waals surface area contributed by atoms with Gasteiger partial charge < -0.3 is 15.8 Å². The Bertz CT molecular complexity index is 858. The number of ether oxygens (including phenoxy) is 1. The van der Waals surface area contributed by atoms with Gasteiger partial charge in [0.25, 0.3) is 0 Å². The summed E-state index contributed by atoms with van der Waals surface area (Å²) < 4.78 is 7.35. The number of rotatable bonds is 6. The molecule has 0 aliphatic carbocycles. The second-order valence-electron chi connectivity index (χ2n) is 5.73. The number of aryl methyl sites for hydroxylation is 2. The lowest BCUT2D eigenvalue weighted by Gasteiger charge is -2.12. The van der Waals surface area contributed by atoms with Crippen LogP contribution in [0.5, 0.6) is 5.75 Å². The molecule has 0 aliphatic heterocycles. The number of hydrogen-bond donors (Lipinski definition) is 2. The topological polar surface area (TPSA) is 90.9 Å². The van der Waals surface area contributed by atoms with E-state index in [0.29, 0.717) is 18.0 Å². The minimum Gasteiger partial charge on any atom is -0.494 e. The van der Waals surface area contributed by atoms with Crippen molar-refractivity contribution >= 4 is 22.8 Å². The third-order valence-corrected chi connectivity index (χ3v) is 3.84. The first-order chi connectivity index (χ1) is 11.6. The van der Waals surface area contributed by atoms with Crippen LogP contribution in [-0.4, -0.2) is 26.4 Å². The SMILES string of the molecule is CCCOc1ccc(CNc2nc(N)nc3c2cnn3C)c(C)c1. The van der Waals surface area contributed by atoms with E-state index in [0.717, 1.165) is 24.2 Å². The third-order valence-electron chi connectivity index (χ3n) is 3.84. The molecule has 3 N–H and O–H groups in total. The summed E-state index contributed by atoms with van der Waals surface area (Å²) in [4.78, 5) is 8.51. The van der Waals surface area contributed by atoms with Crippen LogP contribution in [0.4, 0.5) is 11.8 Å². The summed E-state index contributed by atoms with van der Waals surface area (Å²) in [7, 11) is 1.83. The van der Waals surface area contributed by atoms with Crippen LogP contribution >= 0.6 is 0 Å². The van der Waals surface area contributed by atoms with Crippen LogP contribution in [-0.2, 0) is 13.6 Å². The predicted octanol–water partition coefficient (Wildman–Crippen LogP) is 2.65. The van der Waals surface area contributed by atoms with Gasteiger partial charge in [0.1, 0.15) is 11.6 Å². The quantitative estimate of drug-likeness (QED) is 0.723. The molecule has 1 aromatic carbocycles. The Labute approximate surface area is 140 Å². The summed E-state index contributed by atoms with van der Waals surface area (Å²) in [5.74, 6) is 1.82. The van der Waals surface area contributed by atoms with Crippen molar-refractivity contribution in [3.8, 4) is 5.75 Å². The Morgan fingerprint density at radius 1 is 1.29 bits per heavy atom. The number of nitrogens with one attached hydrogen (secondary N) is 1. The van der Waals surface area contributed by atoms with Gasteiger partial charge in [0.15, 0.2) is 5.65 Å². The van der Waals surface area contributed by atoms with E-state index in [-0.39, 0.29) is 5.95 Å². The maximum Gasteiger partial charge on any atom is 0.224 e. The van der Waals surface area contributed by atoms with Crippen molar-refractivity contribution in [2.45, 2.75) is 26.8 Å². The molecule has 126 valence electrons. The number of nitrogens with zero attached hydrogens (tertiary/aromatic N) is 4. The van der Waals surface area contributed by atoms with Crippen LogP contribution in [0.1, 0.15) is 24.5 Å². The fraction of sp³-hybridized carbons (Fsp3) is 0.353. The molecule has 0 aliphatic rings. The zero-order valence-electron chi connectivity index (χ0n) is 14.2. The molecule has 0 atom stereocenters. The second kappa shape index (κ2) is 6.74. The summed E-state index contributed by atoms with van der Waals surface area (Å²) in [6.45, 7) is 5.54. The average molecular weight is 326 g/mol. The first-order valence-electron chi connectivity index (χ1n) is 8.00. The molecule has 7 nitrogen and oxygen atoms in total. The highest BCUT2D eigenvalue weighted by Crippen LogP contribution is 2.22. The largest absolute Gasteiger partial charge is 0.494 e. The molecule has 0 spiro atoms. The van der Waals surface area contributed by atoms with Gasteiger partial charge in [-0.2, -0.15) is 15.1 Å². The molecular weight excluding hydrogens is 304 g/mol. The zero-order chi connectivity index (χ0) is 17.1. The molecule has 0 saturated carbocycles. The fourth-order valence-electron chi connectivity index (χ4n) is 2.53. The van der Waals surface area contributed by atoms with Crippen molar-refractivity contribution in [1.82, 2.24) is 19.7 Å². The predicted molar refractivity (Wildman–Crippen MR) is 95.0 cm³/mol. The monoisotopic (exact) mass is 326 g/mol. The van der Waals surface area contributed by atoms with Gasteiger partial charge in [-0.1, -0.05) is 13.0 Å². The van der Waals surface area contributed by atoms with Gasteiger partial charge in [0.05, 0.1) is 18.2 Å². The molecule has 3 rings (SSSR count). The summed E-state index contributed by atoms with van der Waals surface area (Å²) in [5, 5.41) is 8.40. The van der Waals surface area contributed by atoms with Gasteiger partial charge in [0, 0.05) is 13.6 Å². The van der Waals surface area contributed by atoms with Crippen molar-refractivity contribution in [3.63, 3.8) is 0 Å². The van der Waals surface area contributed by atoms with Crippen molar-refractivity contribution in [2.24, 2.45) is 7.05 Å². The van der Waals surface area contributed by atoms with Gasteiger partial charge >= 0.3 is 0 Å². The van der Waals surface area contributed by atoms with Crippen LogP contribution in [0.15, 0.2) is 24.4 Å². The maximum absolute atomic E-state index is 5.80. The van der Waals surface area contributed by atoms with E-state index < -0.39 is 0 Å². The summed E-state index contributed by atoms with van der Waals surface area (Å²) in [5.41, 5.74) is 8.85. The van der Waals surface area contributed by atoms with E-state index in [1.54, 1.807) is 10.9 Å². The molecule has 2 heterocycles. The first kappa shape index (κ1) is 16.0. The normalized spacial score (nSPS) is 11.0. The zero-order valence-corrected chi connectivity index (χ0v) is 14.2. The van der Waals surface area contributed by atoms with Gasteiger partial charge in [0.2, 0.25) is 5.95 Å². The lowest BCUT2D eigenvalue weighted by molar-refractivity contribution is 0.317. The smallest absolute Gasteiger partial charge is 0.224 e. The van der Waals surface area contributed by atoms with Crippen molar-refractivity contribution in [2.75, 3.05) is 17.7 Å². The Morgan fingerprint density at radius 2 is 2.12 bits per heavy atom. The molecule has 0 unspecified atom stereocenters. The molecule has 24 heavy (non-hydrogen) atoms. The lowest BCUT2D eigenvalue weighted by Crippen LogP contribution is -2.07. The van der Waals surface area contributed by atoms with Gasteiger partial charge in [-0.05, 0) is 36.6 Å². The Kier molecular flexibility index (Phi) is 4.50. The van der Waals surface area contributed by atoms with E-state index >= 15 is 0 Å². The lowest BCUT2D eigenvalue weighted by atomic mass is 10.1. The molecule has 3 aromatic rings. The molecule has 0 amide bonds. The molecule has 7 heteroatoms. The van der Waals surface area contributed by atoms with Gasteiger partial charge in [-0.25, -0.2) is 0 Å². The van der Waals surface area contributed by atoms with Crippen molar-refractivity contribution < 1.29 is 4.74 Å². The number of fused-ring (bicyclic) bond motifs is 1. The minimum atomic E-state index is 0.230. The summed E-state index contributed by atoms with van der Waals surface area (Å²) in [6, 6.07) is 6.12. The van der Waals surface area contributed by atoms with E-state index in [1.807, 2.05) is 13.1 Å². The Hall–Kier alpha value is -2.83. The van der Waals surface area contributed by atoms with Crippen molar-refractivity contribution in [3.05, 3.63) is 35.5 Å². The van der Waals surface area contributed by atoms with E-state index in [2.05, 4.69) is 46.4 Å². The molecular formula is C17H22N6O. The van der Waals surface area contributed by atoms with Crippen LogP contribution in [0.3, 0.4) is 0 Å². The second-order valence-corrected chi connectivity index (χ2v) is 5.73. The van der Waals surface area contributed by atoms with Crippen LogP contribution in [0.25, 0.3) is 11.0 Å². The Morgan fingerprint density at radius 3 is 2.88 bits per heavy atom. The summed E-state index contributed by atoms with van der Waals surface area (Å²) >= 11 is 0. The number of aromatic nitrogens is 4. The summed E-state index contributed by atoms with van der Waals surface area (Å²) in [6.07, 6.45) is 2.74. The standard InChI is InChI=1S/C17H22N6O/c1-4-7-24-13-6-5-12(11(2)8-13)9-19-15-14-10-20-23(3)16(14)22-17(18)21-15/h5-6,8,10H,4,7,9H2,1-3H3,(H3,18,19,21,22). The van der Waals surface area contributed by atoms with E-state index in [1.165, 1.54) is 11.1 Å². The number of anilines is 2. The molecule has 0 radical (unpaired) electrons. The molecule has 0 saturated heterocycles. The van der Waals surface area contributed by atoms with Gasteiger partial charge in [-0.15, -0.1) is 0 Å². The third kappa shape index (κ3) is 3.24. The number of benzene rings is 1. The fourth-order valence-corrected chi connectivity index (χ4v) is 2.53. The highest BCUT2D eigenvalue weighted by Gasteiger charge is 2.10. The van der Waals surface area contributed by atoms with Gasteiger partial charge in [-0.3, -0.25) is 4.68 Å². The van der Waals surface area contributed by atoms with Crippen LogP contribution in [0, 0.1) is 6.92 Å². The number of hydrogen-bond acceptors (Lipinski definition) is 6.